The predicted octanol–water partition coefficient (Wildman–Crippen LogP) is 6.20. The average Bonchev–Trinajstić information content (AvgIpc) is 2.99. The molecule has 1 heterocycles. The molecule has 3 N–H and O–H groups in total. The van der Waals surface area contributed by atoms with Crippen LogP contribution >= 0.6 is 0 Å². The summed E-state index contributed by atoms with van der Waals surface area (Å²) in [5.41, 5.74) is 0.884. The number of aromatic nitrogens is 2. The molecule has 0 bridgehead atoms. The smallest absolute Gasteiger partial charge is 0.475 e. The maximum Gasteiger partial charge on any atom is 0.573 e. The average molecular weight is 680 g/mol. The fourth-order valence-electron chi connectivity index (χ4n) is 4.96. The minimum absolute atomic E-state index is 0.0953. The van der Waals surface area contributed by atoms with Crippen LogP contribution in [0.25, 0.3) is 10.9 Å². The zero-order valence-corrected chi connectivity index (χ0v) is 25.8. The molecule has 0 atom stereocenters. The van der Waals surface area contributed by atoms with Crippen LogP contribution in [-0.2, 0) is 14.8 Å². The molecule has 10 nitrogen and oxygen atoms in total. The van der Waals surface area contributed by atoms with Gasteiger partial charge in [0.05, 0.1) is 5.52 Å². The number of carbonyl (C=O) groups is 1. The lowest BCUT2D eigenvalue weighted by molar-refractivity contribution is -0.275. The third-order valence-electron chi connectivity index (χ3n) is 7.33. The summed E-state index contributed by atoms with van der Waals surface area (Å²) in [6, 6.07) is 12.7. The molecule has 0 spiro atoms. The van der Waals surface area contributed by atoms with E-state index in [2.05, 4.69) is 33.5 Å². The van der Waals surface area contributed by atoms with Crippen molar-refractivity contribution in [1.82, 2.24) is 14.7 Å². The molecule has 0 saturated heterocycles. The number of hydrogen-bond donors (Lipinski definition) is 3. The number of carboxylic acids is 1. The Hall–Kier alpha value is -3.86. The summed E-state index contributed by atoms with van der Waals surface area (Å²) in [6.45, 7) is 6.74. The number of halogens is 6. The van der Waals surface area contributed by atoms with Gasteiger partial charge in [0.25, 0.3) is 0 Å². The molecule has 46 heavy (non-hydrogen) atoms. The number of ether oxygens (including phenoxy) is 1. The number of fused-ring (bicyclic) bond motifs is 1. The molecule has 3 aromatic rings. The largest absolute Gasteiger partial charge is 0.573 e. The molecule has 1 saturated carbocycles. The van der Waals surface area contributed by atoms with Gasteiger partial charge in [-0.2, -0.15) is 18.2 Å². The van der Waals surface area contributed by atoms with Gasteiger partial charge in [0.2, 0.25) is 16.0 Å². The standard InChI is InChI=1S/C27H34F3N5O3S.C2HF3O2/c1-3-35(4-2)25-21-9-5-6-10-22(21)33-26(34-25)31-17-19-13-15-20(16-14-19)18-32-39(36,37)24-12-8-7-11-23(24)38-27(28,29)30;3-2(4,5)1(6)7/h5-12,19-20,32H,3-4,13-18H2,1-2H3,(H,31,33,34);(H,6,7). The highest BCUT2D eigenvalue weighted by Gasteiger charge is 2.38. The normalized spacial score (nSPS) is 17.1. The van der Waals surface area contributed by atoms with E-state index in [-0.39, 0.29) is 12.5 Å². The second-order valence-electron chi connectivity index (χ2n) is 10.5. The first-order chi connectivity index (χ1) is 21.5. The number of sulfonamides is 1. The molecule has 1 aromatic heterocycles. The number of anilines is 2. The maximum absolute atomic E-state index is 12.7. The van der Waals surface area contributed by atoms with Gasteiger partial charge in [0.15, 0.2) is 0 Å². The fraction of sp³-hybridized carbons (Fsp3) is 0.483. The summed E-state index contributed by atoms with van der Waals surface area (Å²) >= 11 is 0. The number of benzene rings is 2. The van der Waals surface area contributed by atoms with Crippen LogP contribution in [-0.4, -0.2) is 68.2 Å². The Kier molecular flexibility index (Phi) is 12.4. The van der Waals surface area contributed by atoms with Gasteiger partial charge in [-0.3, -0.25) is 0 Å². The topological polar surface area (TPSA) is 134 Å². The van der Waals surface area contributed by atoms with Crippen LogP contribution in [0.5, 0.6) is 5.75 Å². The van der Waals surface area contributed by atoms with Crippen LogP contribution < -0.4 is 19.7 Å². The minimum atomic E-state index is -5.08. The van der Waals surface area contributed by atoms with Crippen LogP contribution in [0, 0.1) is 11.8 Å². The van der Waals surface area contributed by atoms with E-state index in [1.807, 2.05) is 24.3 Å². The Balaban J connectivity index is 0.000000738. The molecule has 0 radical (unpaired) electrons. The van der Waals surface area contributed by atoms with Crippen LogP contribution in [0.4, 0.5) is 38.1 Å². The van der Waals surface area contributed by atoms with E-state index in [9.17, 15) is 34.8 Å². The van der Waals surface area contributed by atoms with Crippen molar-refractivity contribution in [2.24, 2.45) is 11.8 Å². The Morgan fingerprint density at radius 2 is 1.46 bits per heavy atom. The highest BCUT2D eigenvalue weighted by Crippen LogP contribution is 2.32. The summed E-state index contributed by atoms with van der Waals surface area (Å²) in [6.07, 6.45) is -6.67. The molecule has 17 heteroatoms. The van der Waals surface area contributed by atoms with E-state index in [1.165, 1.54) is 12.1 Å². The quantitative estimate of drug-likeness (QED) is 0.203. The highest BCUT2D eigenvalue weighted by atomic mass is 32.2. The van der Waals surface area contributed by atoms with Crippen molar-refractivity contribution in [3.8, 4) is 5.75 Å². The van der Waals surface area contributed by atoms with Crippen LogP contribution in [0.2, 0.25) is 0 Å². The summed E-state index contributed by atoms with van der Waals surface area (Å²) in [7, 11) is -4.16. The molecular weight excluding hydrogens is 644 g/mol. The number of alkyl halides is 6. The Morgan fingerprint density at radius 3 is 2.02 bits per heavy atom. The summed E-state index contributed by atoms with van der Waals surface area (Å²) in [4.78, 5) is 20.1. The van der Waals surface area contributed by atoms with Gasteiger partial charge in [-0.25, -0.2) is 22.9 Å². The summed E-state index contributed by atoms with van der Waals surface area (Å²) in [5, 5.41) is 11.5. The van der Waals surface area contributed by atoms with Crippen molar-refractivity contribution >= 4 is 38.7 Å². The van der Waals surface area contributed by atoms with E-state index in [0.717, 1.165) is 67.6 Å². The van der Waals surface area contributed by atoms with E-state index in [0.29, 0.717) is 18.4 Å². The Morgan fingerprint density at radius 1 is 0.913 bits per heavy atom. The second-order valence-corrected chi connectivity index (χ2v) is 12.2. The highest BCUT2D eigenvalue weighted by molar-refractivity contribution is 7.89. The summed E-state index contributed by atoms with van der Waals surface area (Å²) in [5.74, 6) is -1.53. The van der Waals surface area contributed by atoms with Crippen molar-refractivity contribution in [3.05, 3.63) is 48.5 Å². The Bertz CT molecular complexity index is 1560. The van der Waals surface area contributed by atoms with Gasteiger partial charge in [-0.15, -0.1) is 13.2 Å². The first-order valence-corrected chi connectivity index (χ1v) is 15.9. The van der Waals surface area contributed by atoms with Crippen molar-refractivity contribution in [1.29, 1.82) is 0 Å². The third kappa shape index (κ3) is 10.6. The number of carboxylic acid groups (broad SMARTS) is 1. The van der Waals surface area contributed by atoms with Crippen molar-refractivity contribution < 1.29 is 49.4 Å². The fourth-order valence-corrected chi connectivity index (χ4v) is 6.21. The van der Waals surface area contributed by atoms with Gasteiger partial charge in [-0.05, 0) is 75.6 Å². The van der Waals surface area contributed by atoms with Crippen LogP contribution in [0.3, 0.4) is 0 Å². The molecule has 254 valence electrons. The molecule has 1 aliphatic rings. The molecule has 0 unspecified atom stereocenters. The van der Waals surface area contributed by atoms with E-state index < -0.39 is 39.2 Å². The molecular formula is C29H35F6N5O5S. The number of aliphatic carboxylic acids is 1. The lowest BCUT2D eigenvalue weighted by Gasteiger charge is -2.29. The van der Waals surface area contributed by atoms with Crippen molar-refractivity contribution in [2.75, 3.05) is 36.4 Å². The van der Waals surface area contributed by atoms with Crippen LogP contribution in [0.15, 0.2) is 53.4 Å². The van der Waals surface area contributed by atoms with Gasteiger partial charge < -0.3 is 20.1 Å². The predicted molar refractivity (Wildman–Crippen MR) is 159 cm³/mol. The lowest BCUT2D eigenvalue weighted by Crippen LogP contribution is -2.33. The molecule has 1 fully saturated rings. The number of para-hydroxylation sites is 2. The summed E-state index contributed by atoms with van der Waals surface area (Å²) < 4.78 is 102. The monoisotopic (exact) mass is 679 g/mol. The van der Waals surface area contributed by atoms with E-state index in [4.69, 9.17) is 19.9 Å². The molecule has 1 aliphatic carbocycles. The number of nitrogens with one attached hydrogen (secondary N) is 2. The molecule has 4 rings (SSSR count). The SMILES string of the molecule is CCN(CC)c1nc(NCC2CCC(CNS(=O)(=O)c3ccccc3OC(F)(F)F)CC2)nc2ccccc12.O=C(O)C(F)(F)F. The van der Waals surface area contributed by atoms with E-state index >= 15 is 0 Å². The van der Waals surface area contributed by atoms with Gasteiger partial charge in [0.1, 0.15) is 16.5 Å². The zero-order chi connectivity index (χ0) is 34.1. The number of hydrogen-bond acceptors (Lipinski definition) is 8. The number of rotatable bonds is 11. The second kappa shape index (κ2) is 15.6. The maximum atomic E-state index is 12.7. The number of nitrogens with zero attached hydrogens (tertiary/aromatic N) is 3. The first-order valence-electron chi connectivity index (χ1n) is 14.4. The zero-order valence-electron chi connectivity index (χ0n) is 25.0. The third-order valence-corrected chi connectivity index (χ3v) is 8.79. The first kappa shape index (κ1) is 36.6. The molecule has 2 aromatic carbocycles. The van der Waals surface area contributed by atoms with Gasteiger partial charge in [-0.1, -0.05) is 24.3 Å². The van der Waals surface area contributed by atoms with Gasteiger partial charge >= 0.3 is 18.5 Å². The van der Waals surface area contributed by atoms with Crippen molar-refractivity contribution in [3.63, 3.8) is 0 Å². The molecule has 0 amide bonds. The Labute approximate surface area is 262 Å². The van der Waals surface area contributed by atoms with Crippen LogP contribution in [0.1, 0.15) is 39.5 Å². The molecule has 0 aliphatic heterocycles. The van der Waals surface area contributed by atoms with Crippen molar-refractivity contribution in [2.45, 2.75) is 57.0 Å². The minimum Gasteiger partial charge on any atom is -0.475 e. The lowest BCUT2D eigenvalue weighted by atomic mass is 9.82. The van der Waals surface area contributed by atoms with E-state index in [1.54, 1.807) is 0 Å². The van der Waals surface area contributed by atoms with Gasteiger partial charge in [0, 0.05) is 31.6 Å².